The molecule has 4 rings (SSSR count). The van der Waals surface area contributed by atoms with Crippen molar-refractivity contribution in [1.82, 2.24) is 4.90 Å². The lowest BCUT2D eigenvalue weighted by molar-refractivity contribution is -0.204. The smallest absolute Gasteiger partial charge is 0.259 e. The quantitative estimate of drug-likeness (QED) is 0.781. The second-order valence-electron chi connectivity index (χ2n) is 7.05. The van der Waals surface area contributed by atoms with Gasteiger partial charge in [0, 0.05) is 17.7 Å². The first kappa shape index (κ1) is 14.6. The van der Waals surface area contributed by atoms with Gasteiger partial charge in [-0.3, -0.25) is 4.79 Å². The van der Waals surface area contributed by atoms with Gasteiger partial charge in [-0.05, 0) is 24.3 Å². The van der Waals surface area contributed by atoms with E-state index < -0.39 is 5.60 Å². The molecule has 2 saturated heterocycles. The van der Waals surface area contributed by atoms with Gasteiger partial charge in [0.05, 0.1) is 6.61 Å². The Labute approximate surface area is 136 Å². The third kappa shape index (κ3) is 2.04. The van der Waals surface area contributed by atoms with E-state index in [0.717, 1.165) is 24.2 Å². The number of amides is 1. The van der Waals surface area contributed by atoms with Crippen LogP contribution in [0.1, 0.15) is 32.3 Å². The Morgan fingerprint density at radius 1 is 1.32 bits per heavy atom. The largest absolute Gasteiger partial charge is 0.357 e. The zero-order chi connectivity index (χ0) is 15.3. The number of hydrogen-bond donors (Lipinski definition) is 0. The SMILES string of the molecule is CC(C)[C@@H]1CS[C@@H]2N1C(=O)[C@]2(OCc1ccccc1)C1CC1. The number of benzene rings is 1. The van der Waals surface area contributed by atoms with Crippen molar-refractivity contribution in [2.24, 2.45) is 11.8 Å². The summed E-state index contributed by atoms with van der Waals surface area (Å²) in [6.07, 6.45) is 2.27. The number of thioether (sulfide) groups is 1. The Hall–Kier alpha value is -1.00. The van der Waals surface area contributed by atoms with Gasteiger partial charge in [-0.25, -0.2) is 0 Å². The first-order valence-corrected chi connectivity index (χ1v) is 9.31. The monoisotopic (exact) mass is 317 g/mol. The van der Waals surface area contributed by atoms with E-state index >= 15 is 0 Å². The van der Waals surface area contributed by atoms with Crippen molar-refractivity contribution in [1.29, 1.82) is 0 Å². The molecule has 1 amide bonds. The van der Waals surface area contributed by atoms with E-state index in [1.165, 1.54) is 0 Å². The number of ether oxygens (including phenoxy) is 1. The zero-order valence-electron chi connectivity index (χ0n) is 13.2. The van der Waals surface area contributed by atoms with Crippen LogP contribution in [-0.4, -0.2) is 33.6 Å². The number of nitrogens with zero attached hydrogens (tertiary/aromatic N) is 1. The minimum absolute atomic E-state index is 0.239. The summed E-state index contributed by atoms with van der Waals surface area (Å²) in [5.41, 5.74) is 0.613. The van der Waals surface area contributed by atoms with Crippen LogP contribution in [0.4, 0.5) is 0 Å². The number of β-lactam (4-membered cyclic amide) rings is 1. The number of rotatable bonds is 5. The van der Waals surface area contributed by atoms with Gasteiger partial charge in [0.15, 0.2) is 5.60 Å². The average Bonchev–Trinajstić information content (AvgIpc) is 3.27. The summed E-state index contributed by atoms with van der Waals surface area (Å²) in [6, 6.07) is 10.6. The van der Waals surface area contributed by atoms with Gasteiger partial charge in [0.1, 0.15) is 5.37 Å². The first-order chi connectivity index (χ1) is 10.6. The molecule has 22 heavy (non-hydrogen) atoms. The Bertz CT molecular complexity index is 572. The molecule has 3 atom stereocenters. The van der Waals surface area contributed by atoms with Gasteiger partial charge in [-0.1, -0.05) is 44.2 Å². The predicted octanol–water partition coefficient (Wildman–Crippen LogP) is 3.29. The van der Waals surface area contributed by atoms with Crippen LogP contribution in [0, 0.1) is 11.8 Å². The summed E-state index contributed by atoms with van der Waals surface area (Å²) < 4.78 is 6.32. The van der Waals surface area contributed by atoms with E-state index in [0.29, 0.717) is 24.5 Å². The lowest BCUT2D eigenvalue weighted by Crippen LogP contribution is -2.74. The van der Waals surface area contributed by atoms with E-state index in [-0.39, 0.29) is 11.3 Å². The second-order valence-corrected chi connectivity index (χ2v) is 8.16. The van der Waals surface area contributed by atoms with Crippen LogP contribution in [0.25, 0.3) is 0 Å². The molecule has 3 nitrogen and oxygen atoms in total. The molecule has 3 aliphatic rings. The van der Waals surface area contributed by atoms with Crippen LogP contribution in [-0.2, 0) is 16.1 Å². The maximum atomic E-state index is 13.0. The topological polar surface area (TPSA) is 29.5 Å². The summed E-state index contributed by atoms with van der Waals surface area (Å²) in [6.45, 7) is 4.96. The highest BCUT2D eigenvalue weighted by molar-refractivity contribution is 8.00. The predicted molar refractivity (Wildman–Crippen MR) is 88.4 cm³/mol. The molecule has 1 saturated carbocycles. The van der Waals surface area contributed by atoms with Crippen LogP contribution in [0.15, 0.2) is 30.3 Å². The highest BCUT2D eigenvalue weighted by atomic mass is 32.2. The van der Waals surface area contributed by atoms with Crippen molar-refractivity contribution in [3.8, 4) is 0 Å². The second kappa shape index (κ2) is 5.27. The van der Waals surface area contributed by atoms with E-state index in [9.17, 15) is 4.79 Å². The Morgan fingerprint density at radius 3 is 2.68 bits per heavy atom. The molecule has 118 valence electrons. The molecule has 0 aromatic heterocycles. The first-order valence-electron chi connectivity index (χ1n) is 8.27. The molecular weight excluding hydrogens is 294 g/mol. The summed E-state index contributed by atoms with van der Waals surface area (Å²) in [7, 11) is 0. The standard InChI is InChI=1S/C18H23NO2S/c1-12(2)15-11-22-17-18(14-8-9-14,16(20)19(15)17)21-10-13-6-4-3-5-7-13/h3-7,12,14-15,17H,8-11H2,1-2H3/t15-,17-,18+/m0/s1. The van der Waals surface area contributed by atoms with Crippen LogP contribution < -0.4 is 0 Å². The van der Waals surface area contributed by atoms with Crippen molar-refractivity contribution in [3.05, 3.63) is 35.9 Å². The molecular formula is C18H23NO2S. The number of fused-ring (bicyclic) bond motifs is 1. The van der Waals surface area contributed by atoms with Gasteiger partial charge in [-0.15, -0.1) is 11.8 Å². The number of hydrogen-bond acceptors (Lipinski definition) is 3. The van der Waals surface area contributed by atoms with E-state index in [4.69, 9.17) is 4.74 Å². The highest BCUT2D eigenvalue weighted by Gasteiger charge is 2.71. The lowest BCUT2D eigenvalue weighted by Gasteiger charge is -2.54. The van der Waals surface area contributed by atoms with E-state index in [1.54, 1.807) is 0 Å². The minimum atomic E-state index is -0.538. The molecule has 0 bridgehead atoms. The number of carbonyl (C=O) groups is 1. The van der Waals surface area contributed by atoms with Crippen LogP contribution in [0.3, 0.4) is 0 Å². The zero-order valence-corrected chi connectivity index (χ0v) is 14.0. The average molecular weight is 317 g/mol. The summed E-state index contributed by atoms with van der Waals surface area (Å²) in [5.74, 6) is 2.26. The van der Waals surface area contributed by atoms with Crippen LogP contribution >= 0.6 is 11.8 Å². The van der Waals surface area contributed by atoms with Crippen molar-refractivity contribution >= 4 is 17.7 Å². The minimum Gasteiger partial charge on any atom is -0.357 e. The molecule has 1 aliphatic carbocycles. The molecule has 3 fully saturated rings. The van der Waals surface area contributed by atoms with Crippen molar-refractivity contribution in [3.63, 3.8) is 0 Å². The van der Waals surface area contributed by atoms with Crippen LogP contribution in [0.2, 0.25) is 0 Å². The lowest BCUT2D eigenvalue weighted by atomic mass is 9.83. The maximum Gasteiger partial charge on any atom is 0.259 e. The van der Waals surface area contributed by atoms with Gasteiger partial charge in [0.25, 0.3) is 5.91 Å². The molecule has 0 unspecified atom stereocenters. The van der Waals surface area contributed by atoms with Crippen LogP contribution in [0.5, 0.6) is 0 Å². The van der Waals surface area contributed by atoms with Crippen molar-refractivity contribution in [2.75, 3.05) is 5.75 Å². The van der Waals surface area contributed by atoms with Crippen molar-refractivity contribution in [2.45, 2.75) is 50.3 Å². The molecule has 1 aromatic rings. The normalized spacial score (nSPS) is 34.0. The molecule has 0 radical (unpaired) electrons. The molecule has 1 aromatic carbocycles. The van der Waals surface area contributed by atoms with Gasteiger partial charge < -0.3 is 9.64 Å². The highest BCUT2D eigenvalue weighted by Crippen LogP contribution is 2.58. The van der Waals surface area contributed by atoms with E-state index in [1.807, 2.05) is 30.0 Å². The molecule has 4 heteroatoms. The van der Waals surface area contributed by atoms with Gasteiger partial charge in [0.2, 0.25) is 0 Å². The third-order valence-corrected chi connectivity index (χ3v) is 6.67. The molecule has 0 N–H and O–H groups in total. The summed E-state index contributed by atoms with van der Waals surface area (Å²) >= 11 is 1.92. The maximum absolute atomic E-state index is 13.0. The fourth-order valence-electron chi connectivity index (χ4n) is 3.78. The Kier molecular flexibility index (Phi) is 3.50. The molecule has 2 aliphatic heterocycles. The Balaban J connectivity index is 1.54. The Morgan fingerprint density at radius 2 is 2.05 bits per heavy atom. The third-order valence-electron chi connectivity index (χ3n) is 5.24. The fraction of sp³-hybridized carbons (Fsp3) is 0.611. The fourth-order valence-corrected chi connectivity index (χ4v) is 5.73. The summed E-state index contributed by atoms with van der Waals surface area (Å²) in [4.78, 5) is 15.1. The summed E-state index contributed by atoms with van der Waals surface area (Å²) in [5, 5.41) is 0.239. The number of carbonyl (C=O) groups excluding carboxylic acids is 1. The molecule has 2 heterocycles. The van der Waals surface area contributed by atoms with Crippen molar-refractivity contribution < 1.29 is 9.53 Å². The van der Waals surface area contributed by atoms with E-state index in [2.05, 4.69) is 30.9 Å². The van der Waals surface area contributed by atoms with Gasteiger partial charge >= 0.3 is 0 Å². The van der Waals surface area contributed by atoms with Gasteiger partial charge in [-0.2, -0.15) is 0 Å². The molecule has 0 spiro atoms.